The van der Waals surface area contributed by atoms with E-state index in [0.29, 0.717) is 30.8 Å². The van der Waals surface area contributed by atoms with Gasteiger partial charge in [0.2, 0.25) is 5.91 Å². The zero-order chi connectivity index (χ0) is 17.6. The quantitative estimate of drug-likeness (QED) is 0.810. The Bertz CT molecular complexity index is 763. The highest BCUT2D eigenvalue weighted by Gasteiger charge is 2.44. The van der Waals surface area contributed by atoms with Gasteiger partial charge in [0.15, 0.2) is 9.84 Å². The summed E-state index contributed by atoms with van der Waals surface area (Å²) in [5.74, 6) is 1.25. The van der Waals surface area contributed by atoms with Gasteiger partial charge in [-0.25, -0.2) is 8.42 Å². The van der Waals surface area contributed by atoms with Gasteiger partial charge in [0, 0.05) is 18.5 Å². The molecule has 1 atom stereocenters. The second-order valence-corrected chi connectivity index (χ2v) is 10.4. The third-order valence-corrected chi connectivity index (χ3v) is 7.99. The molecule has 1 aromatic carbocycles. The Balaban J connectivity index is 1.38. The van der Waals surface area contributed by atoms with E-state index in [0.717, 1.165) is 25.7 Å². The van der Waals surface area contributed by atoms with E-state index in [1.165, 1.54) is 11.1 Å². The van der Waals surface area contributed by atoms with E-state index >= 15 is 0 Å². The fraction of sp³-hybridized carbons (Fsp3) is 0.650. The highest BCUT2D eigenvalue weighted by molar-refractivity contribution is 7.91. The minimum atomic E-state index is -2.90. The largest absolute Gasteiger partial charge is 0.337 e. The Morgan fingerprint density at radius 2 is 1.84 bits per heavy atom. The summed E-state index contributed by atoms with van der Waals surface area (Å²) in [7, 11) is -2.90. The molecule has 3 fully saturated rings. The van der Waals surface area contributed by atoms with Gasteiger partial charge in [-0.3, -0.25) is 4.79 Å². The van der Waals surface area contributed by atoms with Crippen molar-refractivity contribution in [2.45, 2.75) is 63.5 Å². The molecule has 4 rings (SSSR count). The van der Waals surface area contributed by atoms with Gasteiger partial charge in [-0.15, -0.1) is 0 Å². The monoisotopic (exact) mass is 361 g/mol. The van der Waals surface area contributed by atoms with Crippen molar-refractivity contribution in [1.82, 2.24) is 4.90 Å². The molecule has 2 aliphatic carbocycles. The number of amides is 1. The number of hydrogen-bond acceptors (Lipinski definition) is 3. The Morgan fingerprint density at radius 3 is 2.44 bits per heavy atom. The average molecular weight is 362 g/mol. The van der Waals surface area contributed by atoms with Crippen LogP contribution in [0.15, 0.2) is 24.3 Å². The van der Waals surface area contributed by atoms with Crippen molar-refractivity contribution in [3.63, 3.8) is 0 Å². The molecule has 0 bridgehead atoms. The fourth-order valence-electron chi connectivity index (χ4n) is 4.56. The second-order valence-electron chi connectivity index (χ2n) is 8.18. The van der Waals surface area contributed by atoms with Crippen LogP contribution in [0, 0.1) is 12.8 Å². The molecule has 5 heteroatoms. The smallest absolute Gasteiger partial charge is 0.223 e. The summed E-state index contributed by atoms with van der Waals surface area (Å²) in [6, 6.07) is 9.30. The molecule has 1 heterocycles. The Morgan fingerprint density at radius 1 is 1.12 bits per heavy atom. The van der Waals surface area contributed by atoms with Crippen LogP contribution in [0.4, 0.5) is 0 Å². The van der Waals surface area contributed by atoms with Gasteiger partial charge in [0.05, 0.1) is 11.5 Å². The first kappa shape index (κ1) is 17.1. The molecule has 0 radical (unpaired) electrons. The van der Waals surface area contributed by atoms with E-state index in [1.807, 2.05) is 0 Å². The summed E-state index contributed by atoms with van der Waals surface area (Å²) in [4.78, 5) is 15.0. The van der Waals surface area contributed by atoms with Crippen LogP contribution in [0.2, 0.25) is 0 Å². The topological polar surface area (TPSA) is 54.5 Å². The van der Waals surface area contributed by atoms with Crippen LogP contribution < -0.4 is 0 Å². The molecule has 0 aromatic heterocycles. The molecule has 2 saturated carbocycles. The molecular formula is C20H27NO3S. The first-order chi connectivity index (χ1) is 11.9. The molecule has 0 N–H and O–H groups in total. The summed E-state index contributed by atoms with van der Waals surface area (Å²) in [5.41, 5.74) is 2.76. The van der Waals surface area contributed by atoms with E-state index in [1.54, 1.807) is 0 Å². The maximum Gasteiger partial charge on any atom is 0.223 e. The molecule has 4 nitrogen and oxygen atoms in total. The highest BCUT2D eigenvalue weighted by Crippen LogP contribution is 2.45. The first-order valence-corrected chi connectivity index (χ1v) is 11.3. The van der Waals surface area contributed by atoms with Crippen LogP contribution in [0.25, 0.3) is 0 Å². The normalized spacial score (nSPS) is 30.7. The number of carbonyl (C=O) groups is 1. The van der Waals surface area contributed by atoms with E-state index < -0.39 is 9.84 Å². The van der Waals surface area contributed by atoms with Gasteiger partial charge < -0.3 is 4.90 Å². The van der Waals surface area contributed by atoms with Crippen LogP contribution in [-0.2, 0) is 14.6 Å². The number of rotatable bonds is 5. The van der Waals surface area contributed by atoms with E-state index in [-0.39, 0.29) is 23.3 Å². The molecule has 1 saturated heterocycles. The SMILES string of the molecule is Cc1ccccc1C1CC(N(C(=O)CC2CCS(=O)(=O)C2)C2CC2)C1. The number of carbonyl (C=O) groups excluding carboxylic acids is 1. The van der Waals surface area contributed by atoms with Crippen LogP contribution >= 0.6 is 0 Å². The zero-order valence-electron chi connectivity index (χ0n) is 14.9. The van der Waals surface area contributed by atoms with Crippen LogP contribution in [0.5, 0.6) is 0 Å². The standard InChI is InChI=1S/C20H27NO3S/c1-14-4-2-3-5-19(14)16-11-18(12-16)21(17-6-7-17)20(22)10-15-8-9-25(23,24)13-15/h2-5,15-18H,6-13H2,1H3. The van der Waals surface area contributed by atoms with Gasteiger partial charge >= 0.3 is 0 Å². The Labute approximate surface area is 150 Å². The van der Waals surface area contributed by atoms with Crippen molar-refractivity contribution in [2.24, 2.45) is 5.92 Å². The summed E-state index contributed by atoms with van der Waals surface area (Å²) in [6.07, 6.45) is 5.40. The lowest BCUT2D eigenvalue weighted by Crippen LogP contribution is -2.48. The second kappa shape index (κ2) is 6.42. The van der Waals surface area contributed by atoms with Crippen LogP contribution in [0.3, 0.4) is 0 Å². The summed E-state index contributed by atoms with van der Waals surface area (Å²) >= 11 is 0. The summed E-state index contributed by atoms with van der Waals surface area (Å²) in [5, 5.41) is 0. The predicted octanol–water partition coefficient (Wildman–Crippen LogP) is 3.06. The van der Waals surface area contributed by atoms with Crippen molar-refractivity contribution >= 4 is 15.7 Å². The van der Waals surface area contributed by atoms with Crippen LogP contribution in [-0.4, -0.2) is 42.8 Å². The maximum absolute atomic E-state index is 12.9. The lowest BCUT2D eigenvalue weighted by molar-refractivity contribution is -0.137. The molecule has 1 aliphatic heterocycles. The average Bonchev–Trinajstić information content (AvgIpc) is 3.28. The van der Waals surface area contributed by atoms with Crippen LogP contribution in [0.1, 0.15) is 55.6 Å². The number of sulfone groups is 1. The lowest BCUT2D eigenvalue weighted by Gasteiger charge is -2.44. The first-order valence-electron chi connectivity index (χ1n) is 9.50. The Kier molecular flexibility index (Phi) is 4.38. The van der Waals surface area contributed by atoms with E-state index in [4.69, 9.17) is 0 Å². The van der Waals surface area contributed by atoms with Gasteiger partial charge in [-0.05, 0) is 62.0 Å². The van der Waals surface area contributed by atoms with Crippen molar-refractivity contribution in [3.8, 4) is 0 Å². The third-order valence-electron chi connectivity index (χ3n) is 6.15. The summed E-state index contributed by atoms with van der Waals surface area (Å²) in [6.45, 7) is 2.16. The van der Waals surface area contributed by atoms with Gasteiger partial charge in [0.1, 0.15) is 0 Å². The van der Waals surface area contributed by atoms with E-state index in [2.05, 4.69) is 36.1 Å². The number of benzene rings is 1. The molecule has 25 heavy (non-hydrogen) atoms. The molecule has 0 spiro atoms. The third kappa shape index (κ3) is 3.62. The predicted molar refractivity (Wildman–Crippen MR) is 98.2 cm³/mol. The molecule has 3 aliphatic rings. The van der Waals surface area contributed by atoms with Crippen molar-refractivity contribution in [3.05, 3.63) is 35.4 Å². The summed E-state index contributed by atoms with van der Waals surface area (Å²) < 4.78 is 23.3. The van der Waals surface area contributed by atoms with E-state index in [9.17, 15) is 13.2 Å². The number of nitrogens with zero attached hydrogens (tertiary/aromatic N) is 1. The van der Waals surface area contributed by atoms with Crippen molar-refractivity contribution < 1.29 is 13.2 Å². The maximum atomic E-state index is 12.9. The molecule has 1 unspecified atom stereocenters. The minimum absolute atomic E-state index is 0.0333. The van der Waals surface area contributed by atoms with Gasteiger partial charge in [-0.2, -0.15) is 0 Å². The molecule has 1 amide bonds. The Hall–Kier alpha value is -1.36. The molecule has 136 valence electrons. The van der Waals surface area contributed by atoms with Gasteiger partial charge in [0.25, 0.3) is 0 Å². The minimum Gasteiger partial charge on any atom is -0.337 e. The van der Waals surface area contributed by atoms with Crippen molar-refractivity contribution in [1.29, 1.82) is 0 Å². The number of hydrogen-bond donors (Lipinski definition) is 0. The molecular weight excluding hydrogens is 334 g/mol. The fourth-order valence-corrected chi connectivity index (χ4v) is 6.42. The zero-order valence-corrected chi connectivity index (χ0v) is 15.7. The van der Waals surface area contributed by atoms with Crippen molar-refractivity contribution in [2.75, 3.05) is 11.5 Å². The molecule has 1 aromatic rings. The number of aryl methyl sites for hydroxylation is 1. The lowest BCUT2D eigenvalue weighted by atomic mass is 9.73. The highest BCUT2D eigenvalue weighted by atomic mass is 32.2. The van der Waals surface area contributed by atoms with Gasteiger partial charge in [-0.1, -0.05) is 24.3 Å².